The summed E-state index contributed by atoms with van der Waals surface area (Å²) in [4.78, 5) is 30.2. The second-order valence-electron chi connectivity index (χ2n) is 4.82. The summed E-state index contributed by atoms with van der Waals surface area (Å²) in [5, 5.41) is 3.07. The lowest BCUT2D eigenvalue weighted by molar-refractivity contribution is -0.144. The number of fused-ring (bicyclic) bond motifs is 1. The van der Waals surface area contributed by atoms with Crippen molar-refractivity contribution in [3.05, 3.63) is 29.8 Å². The van der Waals surface area contributed by atoms with E-state index in [9.17, 15) is 19.1 Å². The Morgan fingerprint density at radius 1 is 1.45 bits per heavy atom. The molecule has 2 unspecified atom stereocenters. The summed E-state index contributed by atoms with van der Waals surface area (Å²) in [6, 6.07) is 6.69. The van der Waals surface area contributed by atoms with Gasteiger partial charge in [0, 0.05) is 5.69 Å². The number of rotatable bonds is 4. The Kier molecular flexibility index (Phi) is 4.48. The maximum absolute atomic E-state index is 11.8. The molecule has 0 bridgehead atoms. The first kappa shape index (κ1) is 15.0. The quantitative estimate of drug-likeness (QED) is 0.578. The van der Waals surface area contributed by atoms with E-state index in [0.717, 1.165) is 11.3 Å². The average molecular weight is 299 g/mol. The minimum absolute atomic E-state index is 0.262. The van der Waals surface area contributed by atoms with Crippen molar-refractivity contribution in [1.29, 1.82) is 0 Å². The van der Waals surface area contributed by atoms with Crippen LogP contribution in [-0.4, -0.2) is 34.6 Å². The SMILES string of the molecule is CCOC(=O)C1CC(CP(=O)(O)O)c2ccccc2N1. The van der Waals surface area contributed by atoms with Crippen LogP contribution in [0.5, 0.6) is 0 Å². The molecule has 1 aliphatic heterocycles. The fourth-order valence-corrected chi connectivity index (χ4v) is 3.42. The zero-order valence-electron chi connectivity index (χ0n) is 11.2. The van der Waals surface area contributed by atoms with Gasteiger partial charge < -0.3 is 19.8 Å². The summed E-state index contributed by atoms with van der Waals surface area (Å²) < 4.78 is 16.2. The summed E-state index contributed by atoms with van der Waals surface area (Å²) in [5.74, 6) is -0.750. The molecule has 1 aromatic rings. The zero-order chi connectivity index (χ0) is 14.8. The molecule has 0 amide bonds. The molecule has 0 aliphatic carbocycles. The van der Waals surface area contributed by atoms with Crippen LogP contribution in [0, 0.1) is 0 Å². The van der Waals surface area contributed by atoms with E-state index in [2.05, 4.69) is 5.32 Å². The zero-order valence-corrected chi connectivity index (χ0v) is 12.0. The molecule has 0 spiro atoms. The first-order chi connectivity index (χ1) is 9.40. The Bertz CT molecular complexity index is 541. The van der Waals surface area contributed by atoms with Gasteiger partial charge in [-0.3, -0.25) is 4.57 Å². The minimum atomic E-state index is -4.14. The van der Waals surface area contributed by atoms with Gasteiger partial charge in [-0.15, -0.1) is 0 Å². The third kappa shape index (κ3) is 3.60. The van der Waals surface area contributed by atoms with Crippen LogP contribution in [0.2, 0.25) is 0 Å². The monoisotopic (exact) mass is 299 g/mol. The minimum Gasteiger partial charge on any atom is -0.464 e. The largest absolute Gasteiger partial charge is 0.464 e. The molecular formula is C13H18NO5P. The second kappa shape index (κ2) is 5.95. The van der Waals surface area contributed by atoms with E-state index >= 15 is 0 Å². The van der Waals surface area contributed by atoms with E-state index in [0.29, 0.717) is 6.42 Å². The molecule has 2 atom stereocenters. The van der Waals surface area contributed by atoms with Crippen LogP contribution in [0.3, 0.4) is 0 Å². The fourth-order valence-electron chi connectivity index (χ4n) is 2.50. The van der Waals surface area contributed by atoms with Crippen molar-refractivity contribution in [3.8, 4) is 0 Å². The lowest BCUT2D eigenvalue weighted by Gasteiger charge is -2.32. The third-order valence-corrected chi connectivity index (χ3v) is 4.20. The lowest BCUT2D eigenvalue weighted by Crippen LogP contribution is -2.37. The van der Waals surface area contributed by atoms with Crippen molar-refractivity contribution in [2.45, 2.75) is 25.3 Å². The molecule has 3 N–H and O–H groups in total. The van der Waals surface area contributed by atoms with Gasteiger partial charge in [-0.2, -0.15) is 0 Å². The molecule has 2 rings (SSSR count). The maximum Gasteiger partial charge on any atom is 0.328 e. The lowest BCUT2D eigenvalue weighted by atomic mass is 9.88. The summed E-state index contributed by atoms with van der Waals surface area (Å²) in [6.45, 7) is 2.00. The number of carbonyl (C=O) groups is 1. The number of hydrogen-bond donors (Lipinski definition) is 3. The highest BCUT2D eigenvalue weighted by atomic mass is 31.2. The predicted molar refractivity (Wildman–Crippen MR) is 74.8 cm³/mol. The molecule has 1 aliphatic rings. The van der Waals surface area contributed by atoms with E-state index < -0.39 is 19.6 Å². The van der Waals surface area contributed by atoms with Crippen molar-refractivity contribution in [2.24, 2.45) is 0 Å². The van der Waals surface area contributed by atoms with Crippen LogP contribution in [0.1, 0.15) is 24.8 Å². The molecule has 0 radical (unpaired) electrons. The van der Waals surface area contributed by atoms with Crippen molar-refractivity contribution in [3.63, 3.8) is 0 Å². The van der Waals surface area contributed by atoms with Crippen LogP contribution >= 0.6 is 7.60 Å². The van der Waals surface area contributed by atoms with Crippen LogP contribution in [-0.2, 0) is 14.1 Å². The Hall–Kier alpha value is -1.36. The molecule has 110 valence electrons. The van der Waals surface area contributed by atoms with E-state index in [-0.39, 0.29) is 18.7 Å². The van der Waals surface area contributed by atoms with Crippen molar-refractivity contribution >= 4 is 19.3 Å². The summed E-state index contributed by atoms with van der Waals surface area (Å²) in [6.07, 6.45) is 0.0581. The number of carbonyl (C=O) groups excluding carboxylic acids is 1. The number of hydrogen-bond acceptors (Lipinski definition) is 4. The number of benzene rings is 1. The van der Waals surface area contributed by atoms with Gasteiger partial charge in [-0.25, -0.2) is 4.79 Å². The Labute approximate surface area is 117 Å². The van der Waals surface area contributed by atoms with Crippen LogP contribution in [0.4, 0.5) is 5.69 Å². The molecular weight excluding hydrogens is 281 g/mol. The Balaban J connectivity index is 2.26. The molecule has 0 fully saturated rings. The maximum atomic E-state index is 11.8. The average Bonchev–Trinajstić information content (AvgIpc) is 2.37. The van der Waals surface area contributed by atoms with E-state index in [1.807, 2.05) is 18.2 Å². The van der Waals surface area contributed by atoms with E-state index in [4.69, 9.17) is 4.74 Å². The number of esters is 1. The highest BCUT2D eigenvalue weighted by molar-refractivity contribution is 7.51. The van der Waals surface area contributed by atoms with Gasteiger partial charge in [-0.05, 0) is 30.9 Å². The highest BCUT2D eigenvalue weighted by Crippen LogP contribution is 2.45. The first-order valence-corrected chi connectivity index (χ1v) is 8.27. The molecule has 6 nitrogen and oxygen atoms in total. The Morgan fingerprint density at radius 3 is 2.80 bits per heavy atom. The van der Waals surface area contributed by atoms with Crippen LogP contribution in [0.15, 0.2) is 24.3 Å². The first-order valence-electron chi connectivity index (χ1n) is 6.47. The summed E-state index contributed by atoms with van der Waals surface area (Å²) in [7, 11) is -4.14. The van der Waals surface area contributed by atoms with Gasteiger partial charge in [0.25, 0.3) is 0 Å². The summed E-state index contributed by atoms with van der Waals surface area (Å²) >= 11 is 0. The van der Waals surface area contributed by atoms with Crippen LogP contribution < -0.4 is 5.32 Å². The van der Waals surface area contributed by atoms with E-state index in [1.165, 1.54) is 0 Å². The topological polar surface area (TPSA) is 95.9 Å². The molecule has 7 heteroatoms. The second-order valence-corrected chi connectivity index (χ2v) is 6.51. The third-order valence-electron chi connectivity index (χ3n) is 3.28. The molecule has 1 heterocycles. The Morgan fingerprint density at radius 2 is 2.15 bits per heavy atom. The highest BCUT2D eigenvalue weighted by Gasteiger charge is 2.34. The normalized spacial score (nSPS) is 21.8. The van der Waals surface area contributed by atoms with Gasteiger partial charge >= 0.3 is 13.6 Å². The van der Waals surface area contributed by atoms with Crippen molar-refractivity contribution in [1.82, 2.24) is 0 Å². The van der Waals surface area contributed by atoms with Gasteiger partial charge in [0.15, 0.2) is 0 Å². The van der Waals surface area contributed by atoms with Gasteiger partial charge in [0.1, 0.15) is 6.04 Å². The van der Waals surface area contributed by atoms with Gasteiger partial charge in [0.2, 0.25) is 0 Å². The van der Waals surface area contributed by atoms with Crippen molar-refractivity contribution in [2.75, 3.05) is 18.1 Å². The molecule has 20 heavy (non-hydrogen) atoms. The summed E-state index contributed by atoms with van der Waals surface area (Å²) in [5.41, 5.74) is 1.56. The fraction of sp³-hybridized carbons (Fsp3) is 0.462. The van der Waals surface area contributed by atoms with Gasteiger partial charge in [-0.1, -0.05) is 18.2 Å². The number of ether oxygens (including phenoxy) is 1. The smallest absolute Gasteiger partial charge is 0.328 e. The van der Waals surface area contributed by atoms with Crippen LogP contribution in [0.25, 0.3) is 0 Å². The molecule has 0 saturated heterocycles. The predicted octanol–water partition coefficient (Wildman–Crippen LogP) is 1.70. The molecule has 1 aromatic carbocycles. The van der Waals surface area contributed by atoms with E-state index in [1.54, 1.807) is 13.0 Å². The molecule has 0 saturated carbocycles. The number of anilines is 1. The standard InChI is InChI=1S/C13H18NO5P/c1-2-19-13(15)12-7-9(8-20(16,17)18)10-5-3-4-6-11(10)14-12/h3-6,9,12,14H,2,7-8H2,1H3,(H2,16,17,18). The van der Waals surface area contributed by atoms with Gasteiger partial charge in [0.05, 0.1) is 12.8 Å². The van der Waals surface area contributed by atoms with Crippen molar-refractivity contribution < 1.29 is 23.9 Å². The number of nitrogens with one attached hydrogen (secondary N) is 1. The number of para-hydroxylation sites is 1. The molecule has 0 aromatic heterocycles.